The van der Waals surface area contributed by atoms with Crippen molar-refractivity contribution in [2.45, 2.75) is 12.8 Å². The first kappa shape index (κ1) is 15.3. The average Bonchev–Trinajstić information content (AvgIpc) is 3.34. The van der Waals surface area contributed by atoms with Gasteiger partial charge in [0.1, 0.15) is 10.7 Å². The van der Waals surface area contributed by atoms with Gasteiger partial charge < -0.3 is 14.7 Å². The topological polar surface area (TPSA) is 71.3 Å². The Morgan fingerprint density at radius 2 is 2.21 bits per heavy atom. The van der Waals surface area contributed by atoms with E-state index in [1.807, 2.05) is 17.5 Å². The number of carbonyl (C=O) groups is 1. The van der Waals surface area contributed by atoms with Crippen LogP contribution in [0.2, 0.25) is 0 Å². The zero-order valence-corrected chi connectivity index (χ0v) is 14.0. The van der Waals surface area contributed by atoms with Crippen molar-refractivity contribution < 1.29 is 9.32 Å². The predicted octanol–water partition coefficient (Wildman–Crippen LogP) is 2.78. The van der Waals surface area contributed by atoms with E-state index in [0.717, 1.165) is 35.7 Å². The zero-order valence-electron chi connectivity index (χ0n) is 13.2. The van der Waals surface area contributed by atoms with Crippen LogP contribution in [-0.4, -0.2) is 47.1 Å². The number of likely N-dealkylation sites (tertiary alicyclic amines) is 1. The molecule has 0 atom stereocenters. The summed E-state index contributed by atoms with van der Waals surface area (Å²) in [6, 6.07) is 5.42. The zero-order chi connectivity index (χ0) is 16.4. The maximum atomic E-state index is 12.3. The second-order valence-electron chi connectivity index (χ2n) is 5.88. The number of hydrogen-bond acceptors (Lipinski definition) is 6. The molecule has 124 valence electrons. The van der Waals surface area contributed by atoms with E-state index in [-0.39, 0.29) is 5.91 Å². The van der Waals surface area contributed by atoms with Gasteiger partial charge in [0.05, 0.1) is 5.39 Å². The molecule has 7 heteroatoms. The van der Waals surface area contributed by atoms with Crippen molar-refractivity contribution in [2.75, 3.05) is 26.2 Å². The Labute approximate surface area is 143 Å². The Balaban J connectivity index is 1.45. The molecule has 1 aliphatic rings. The Morgan fingerprint density at radius 1 is 1.33 bits per heavy atom. The van der Waals surface area contributed by atoms with Crippen LogP contribution < -0.4 is 5.32 Å². The lowest BCUT2D eigenvalue weighted by Gasteiger charge is -2.14. The van der Waals surface area contributed by atoms with Gasteiger partial charge in [0.2, 0.25) is 0 Å². The molecule has 0 unspecified atom stereocenters. The quantitative estimate of drug-likeness (QED) is 0.772. The third-order valence-corrected chi connectivity index (χ3v) is 5.06. The first-order valence-electron chi connectivity index (χ1n) is 8.11. The average molecular weight is 342 g/mol. The largest absolute Gasteiger partial charge is 0.356 e. The number of fused-ring (bicyclic) bond motifs is 1. The third kappa shape index (κ3) is 3.05. The van der Waals surface area contributed by atoms with Crippen molar-refractivity contribution in [3.05, 3.63) is 35.3 Å². The number of aromatic nitrogens is 2. The normalized spacial score (nSPS) is 15.2. The summed E-state index contributed by atoms with van der Waals surface area (Å²) in [6.07, 6.45) is 4.26. The first-order valence-corrected chi connectivity index (χ1v) is 8.99. The highest BCUT2D eigenvalue weighted by atomic mass is 32.1. The van der Waals surface area contributed by atoms with Gasteiger partial charge in [-0.05, 0) is 44.1 Å². The van der Waals surface area contributed by atoms with Gasteiger partial charge >= 0.3 is 0 Å². The highest BCUT2D eigenvalue weighted by Gasteiger charge is 2.15. The standard InChI is InChI=1S/C17H18N4O2S/c22-16(18-5-9-21-7-1-2-8-21)12-3-4-13-14(11-12)23-20-15(13)17-19-6-10-24-17/h3-4,6,10-11H,1-2,5,7-9H2,(H,18,22). The van der Waals surface area contributed by atoms with Crippen LogP contribution in [0.25, 0.3) is 21.7 Å². The van der Waals surface area contributed by atoms with Gasteiger partial charge in [0, 0.05) is 30.2 Å². The molecule has 2 aromatic heterocycles. The monoisotopic (exact) mass is 342 g/mol. The van der Waals surface area contributed by atoms with Crippen LogP contribution in [0.5, 0.6) is 0 Å². The SMILES string of the molecule is O=C(NCCN1CCCC1)c1ccc2c(-c3nccs3)noc2c1. The Hall–Kier alpha value is -2.25. The first-order chi connectivity index (χ1) is 11.8. The summed E-state index contributed by atoms with van der Waals surface area (Å²) in [5.41, 5.74) is 1.92. The van der Waals surface area contributed by atoms with E-state index in [1.54, 1.807) is 12.3 Å². The van der Waals surface area contributed by atoms with E-state index in [1.165, 1.54) is 24.2 Å². The molecular formula is C17H18N4O2S. The maximum Gasteiger partial charge on any atom is 0.251 e. The van der Waals surface area contributed by atoms with Gasteiger partial charge in [-0.3, -0.25) is 4.79 Å². The molecule has 4 rings (SSSR count). The second-order valence-corrected chi connectivity index (χ2v) is 6.78. The van der Waals surface area contributed by atoms with Gasteiger partial charge in [-0.1, -0.05) is 5.16 Å². The summed E-state index contributed by atoms with van der Waals surface area (Å²) >= 11 is 1.51. The van der Waals surface area contributed by atoms with E-state index in [0.29, 0.717) is 17.7 Å². The minimum Gasteiger partial charge on any atom is -0.356 e. The fourth-order valence-corrected chi connectivity index (χ4v) is 3.64. The van der Waals surface area contributed by atoms with Gasteiger partial charge in [0.25, 0.3) is 5.91 Å². The summed E-state index contributed by atoms with van der Waals surface area (Å²) in [7, 11) is 0. The summed E-state index contributed by atoms with van der Waals surface area (Å²) < 4.78 is 5.38. The molecule has 1 aliphatic heterocycles. The van der Waals surface area contributed by atoms with Crippen molar-refractivity contribution in [1.82, 2.24) is 20.4 Å². The van der Waals surface area contributed by atoms with Gasteiger partial charge in [-0.25, -0.2) is 4.98 Å². The minimum atomic E-state index is -0.0803. The lowest BCUT2D eigenvalue weighted by molar-refractivity contribution is 0.0949. The van der Waals surface area contributed by atoms with Crippen molar-refractivity contribution in [2.24, 2.45) is 0 Å². The molecule has 1 aromatic carbocycles. The Kier molecular flexibility index (Phi) is 4.27. The van der Waals surface area contributed by atoms with E-state index < -0.39 is 0 Å². The number of carbonyl (C=O) groups excluding carboxylic acids is 1. The van der Waals surface area contributed by atoms with Gasteiger partial charge in [-0.15, -0.1) is 11.3 Å². The number of nitrogens with zero attached hydrogens (tertiary/aromatic N) is 3. The van der Waals surface area contributed by atoms with Crippen molar-refractivity contribution in [3.8, 4) is 10.7 Å². The van der Waals surface area contributed by atoms with Gasteiger partial charge in [0.15, 0.2) is 5.58 Å². The Bertz CT molecular complexity index is 838. The highest BCUT2D eigenvalue weighted by molar-refractivity contribution is 7.13. The number of benzene rings is 1. The van der Waals surface area contributed by atoms with Crippen LogP contribution in [0.1, 0.15) is 23.2 Å². The number of hydrogen-bond donors (Lipinski definition) is 1. The molecule has 0 saturated carbocycles. The number of nitrogens with one attached hydrogen (secondary N) is 1. The number of amides is 1. The molecule has 1 fully saturated rings. The molecule has 24 heavy (non-hydrogen) atoms. The van der Waals surface area contributed by atoms with Crippen molar-refractivity contribution in [1.29, 1.82) is 0 Å². The third-order valence-electron chi connectivity index (χ3n) is 4.28. The molecule has 1 amide bonds. The number of rotatable bonds is 5. The second kappa shape index (κ2) is 6.70. The van der Waals surface area contributed by atoms with E-state index in [9.17, 15) is 4.79 Å². The van der Waals surface area contributed by atoms with Crippen molar-refractivity contribution >= 4 is 28.2 Å². The summed E-state index contributed by atoms with van der Waals surface area (Å²) in [5.74, 6) is -0.0803. The molecule has 0 spiro atoms. The molecule has 0 bridgehead atoms. The summed E-state index contributed by atoms with van der Waals surface area (Å²) in [5, 5.41) is 10.6. The van der Waals surface area contributed by atoms with Crippen LogP contribution >= 0.6 is 11.3 Å². The molecule has 3 heterocycles. The molecule has 6 nitrogen and oxygen atoms in total. The van der Waals surface area contributed by atoms with Crippen molar-refractivity contribution in [3.63, 3.8) is 0 Å². The summed E-state index contributed by atoms with van der Waals surface area (Å²) in [6.45, 7) is 3.85. The lowest BCUT2D eigenvalue weighted by atomic mass is 10.1. The molecule has 0 radical (unpaired) electrons. The smallest absolute Gasteiger partial charge is 0.251 e. The van der Waals surface area contributed by atoms with Crippen LogP contribution in [0.15, 0.2) is 34.3 Å². The van der Waals surface area contributed by atoms with E-state index in [2.05, 4.69) is 20.4 Å². The van der Waals surface area contributed by atoms with Crippen LogP contribution in [0.3, 0.4) is 0 Å². The highest BCUT2D eigenvalue weighted by Crippen LogP contribution is 2.29. The molecule has 0 aliphatic carbocycles. The van der Waals surface area contributed by atoms with E-state index in [4.69, 9.17) is 4.52 Å². The predicted molar refractivity (Wildman–Crippen MR) is 93.1 cm³/mol. The van der Waals surface area contributed by atoms with Crippen LogP contribution in [0, 0.1) is 0 Å². The van der Waals surface area contributed by atoms with Gasteiger partial charge in [-0.2, -0.15) is 0 Å². The molecule has 3 aromatic rings. The maximum absolute atomic E-state index is 12.3. The van der Waals surface area contributed by atoms with Crippen LogP contribution in [-0.2, 0) is 0 Å². The minimum absolute atomic E-state index is 0.0803. The summed E-state index contributed by atoms with van der Waals surface area (Å²) in [4.78, 5) is 18.9. The fraction of sp³-hybridized carbons (Fsp3) is 0.353. The van der Waals surface area contributed by atoms with E-state index >= 15 is 0 Å². The molecule has 1 N–H and O–H groups in total. The molecular weight excluding hydrogens is 324 g/mol. The Morgan fingerprint density at radius 3 is 3.00 bits per heavy atom. The fourth-order valence-electron chi connectivity index (χ4n) is 3.01. The molecule has 1 saturated heterocycles. The number of thiazole rings is 1. The lowest BCUT2D eigenvalue weighted by Crippen LogP contribution is -2.33. The van der Waals surface area contributed by atoms with Crippen LogP contribution in [0.4, 0.5) is 0 Å².